The zero-order valence-corrected chi connectivity index (χ0v) is 9.69. The Morgan fingerprint density at radius 2 is 1.94 bits per heavy atom. The van der Waals surface area contributed by atoms with Crippen LogP contribution in [0.1, 0.15) is 21.5 Å². The van der Waals surface area contributed by atoms with Gasteiger partial charge in [0.15, 0.2) is 5.78 Å². The molecule has 17 heavy (non-hydrogen) atoms. The van der Waals surface area contributed by atoms with E-state index in [9.17, 15) is 18.0 Å². The maximum atomic E-state index is 11.9. The molecule has 1 aromatic carbocycles. The van der Waals surface area contributed by atoms with E-state index in [4.69, 9.17) is 0 Å². The van der Waals surface area contributed by atoms with Gasteiger partial charge >= 0.3 is 6.18 Å². The second kappa shape index (κ2) is 5.31. The minimum Gasteiger partial charge on any atom is -0.302 e. The lowest BCUT2D eigenvalue weighted by Crippen LogP contribution is -2.33. The first kappa shape index (κ1) is 13.7. The monoisotopic (exact) mass is 245 g/mol. The summed E-state index contributed by atoms with van der Waals surface area (Å²) in [5.74, 6) is -0.327. The van der Waals surface area contributed by atoms with E-state index < -0.39 is 12.7 Å². The van der Waals surface area contributed by atoms with Crippen LogP contribution in [0.2, 0.25) is 0 Å². The van der Waals surface area contributed by atoms with E-state index in [1.807, 2.05) is 13.0 Å². The van der Waals surface area contributed by atoms with Crippen molar-refractivity contribution < 1.29 is 18.0 Å². The summed E-state index contributed by atoms with van der Waals surface area (Å²) in [6, 6.07) is 5.24. The van der Waals surface area contributed by atoms with E-state index in [2.05, 4.69) is 5.32 Å². The highest BCUT2D eigenvalue weighted by Gasteiger charge is 2.26. The fourth-order valence-electron chi connectivity index (χ4n) is 1.54. The Labute approximate surface area is 97.8 Å². The van der Waals surface area contributed by atoms with Gasteiger partial charge in [0.2, 0.25) is 0 Å². The maximum absolute atomic E-state index is 11.9. The quantitative estimate of drug-likeness (QED) is 0.826. The topological polar surface area (TPSA) is 29.1 Å². The molecule has 5 heteroatoms. The second-order valence-electron chi connectivity index (χ2n) is 3.96. The maximum Gasteiger partial charge on any atom is 0.401 e. The fraction of sp³-hybridized carbons (Fsp3) is 0.417. The molecule has 0 saturated carbocycles. The molecule has 0 saturated heterocycles. The van der Waals surface area contributed by atoms with Crippen LogP contribution in [-0.2, 0) is 0 Å². The van der Waals surface area contributed by atoms with E-state index in [-0.39, 0.29) is 12.3 Å². The highest BCUT2D eigenvalue weighted by Crippen LogP contribution is 2.13. The van der Waals surface area contributed by atoms with Gasteiger partial charge < -0.3 is 5.32 Å². The fourth-order valence-corrected chi connectivity index (χ4v) is 1.54. The highest BCUT2D eigenvalue weighted by atomic mass is 19.4. The molecule has 0 aromatic heterocycles. The standard InChI is InChI=1S/C12H14F3NO/c1-8-3-4-10(9(2)5-8)11(17)6-16-7-12(13,14)15/h3-5,16H,6-7H2,1-2H3. The molecular formula is C12H14F3NO. The molecule has 0 fully saturated rings. The molecule has 0 radical (unpaired) electrons. The average Bonchev–Trinajstić information content (AvgIpc) is 2.15. The lowest BCUT2D eigenvalue weighted by molar-refractivity contribution is -0.124. The molecule has 0 spiro atoms. The number of carbonyl (C=O) groups excluding carboxylic acids is 1. The Kier molecular flexibility index (Phi) is 4.28. The number of hydrogen-bond donors (Lipinski definition) is 1. The first-order valence-corrected chi connectivity index (χ1v) is 5.17. The molecular weight excluding hydrogens is 231 g/mol. The lowest BCUT2D eigenvalue weighted by Gasteiger charge is -2.09. The summed E-state index contributed by atoms with van der Waals surface area (Å²) in [7, 11) is 0. The van der Waals surface area contributed by atoms with Crippen LogP contribution in [0.15, 0.2) is 18.2 Å². The molecule has 1 aromatic rings. The summed E-state index contributed by atoms with van der Waals surface area (Å²) in [4.78, 5) is 11.6. The van der Waals surface area contributed by atoms with Gasteiger partial charge in [-0.1, -0.05) is 23.8 Å². The molecule has 0 aliphatic heterocycles. The Bertz CT molecular complexity index is 413. The molecule has 0 atom stereocenters. The molecule has 94 valence electrons. The van der Waals surface area contributed by atoms with Gasteiger partial charge in [-0.05, 0) is 19.4 Å². The molecule has 1 N–H and O–H groups in total. The molecule has 0 amide bonds. The van der Waals surface area contributed by atoms with Crippen LogP contribution >= 0.6 is 0 Å². The smallest absolute Gasteiger partial charge is 0.302 e. The third-order valence-corrected chi connectivity index (χ3v) is 2.29. The number of nitrogens with one attached hydrogen (secondary N) is 1. The number of halogens is 3. The van der Waals surface area contributed by atoms with Crippen molar-refractivity contribution in [3.8, 4) is 0 Å². The van der Waals surface area contributed by atoms with Crippen LogP contribution < -0.4 is 5.32 Å². The molecule has 2 nitrogen and oxygen atoms in total. The normalized spacial score (nSPS) is 11.6. The number of ketones is 1. The van der Waals surface area contributed by atoms with Crippen LogP contribution in [0, 0.1) is 13.8 Å². The Morgan fingerprint density at radius 1 is 1.29 bits per heavy atom. The average molecular weight is 245 g/mol. The summed E-state index contributed by atoms with van der Waals surface area (Å²) in [6.07, 6.45) is -4.29. The van der Waals surface area contributed by atoms with Crippen LogP contribution in [0.3, 0.4) is 0 Å². The van der Waals surface area contributed by atoms with Gasteiger partial charge in [0.1, 0.15) is 0 Å². The number of alkyl halides is 3. The van der Waals surface area contributed by atoms with Crippen molar-refractivity contribution in [1.82, 2.24) is 5.32 Å². The van der Waals surface area contributed by atoms with Crippen molar-refractivity contribution in [1.29, 1.82) is 0 Å². The molecule has 0 aliphatic rings. The Hall–Kier alpha value is -1.36. The minimum absolute atomic E-state index is 0.302. The molecule has 0 heterocycles. The minimum atomic E-state index is -4.29. The van der Waals surface area contributed by atoms with Crippen LogP contribution in [0.25, 0.3) is 0 Å². The van der Waals surface area contributed by atoms with Gasteiger partial charge in [-0.3, -0.25) is 4.79 Å². The van der Waals surface area contributed by atoms with Gasteiger partial charge in [-0.15, -0.1) is 0 Å². The predicted molar refractivity (Wildman–Crippen MR) is 59.2 cm³/mol. The van der Waals surface area contributed by atoms with Crippen molar-refractivity contribution in [2.24, 2.45) is 0 Å². The molecule has 0 bridgehead atoms. The number of carbonyl (C=O) groups is 1. The number of benzene rings is 1. The van der Waals surface area contributed by atoms with E-state index in [0.717, 1.165) is 11.1 Å². The van der Waals surface area contributed by atoms with Crippen molar-refractivity contribution >= 4 is 5.78 Å². The highest BCUT2D eigenvalue weighted by molar-refractivity contribution is 5.98. The van der Waals surface area contributed by atoms with Crippen molar-refractivity contribution in [3.63, 3.8) is 0 Å². The van der Waals surface area contributed by atoms with Crippen LogP contribution in [0.5, 0.6) is 0 Å². The first-order chi connectivity index (χ1) is 7.79. The zero-order chi connectivity index (χ0) is 13.1. The van der Waals surface area contributed by atoms with Gasteiger partial charge in [0.05, 0.1) is 13.1 Å². The summed E-state index contributed by atoms with van der Waals surface area (Å²) < 4.78 is 35.6. The third-order valence-electron chi connectivity index (χ3n) is 2.29. The first-order valence-electron chi connectivity index (χ1n) is 5.17. The SMILES string of the molecule is Cc1ccc(C(=O)CNCC(F)(F)F)c(C)c1. The second-order valence-corrected chi connectivity index (χ2v) is 3.96. The number of rotatable bonds is 4. The number of Topliss-reactive ketones (excluding diaryl/α,β-unsaturated/α-hetero) is 1. The zero-order valence-electron chi connectivity index (χ0n) is 9.69. The summed E-state index contributed by atoms with van der Waals surface area (Å²) in [5, 5.41) is 2.09. The molecule has 0 aliphatic carbocycles. The summed E-state index contributed by atoms with van der Waals surface area (Å²) >= 11 is 0. The molecule has 1 rings (SSSR count). The lowest BCUT2D eigenvalue weighted by atomic mass is 10.0. The van der Waals surface area contributed by atoms with E-state index in [1.54, 1.807) is 19.1 Å². The molecule has 0 unspecified atom stereocenters. The summed E-state index contributed by atoms with van der Waals surface area (Å²) in [5.41, 5.74) is 2.26. The van der Waals surface area contributed by atoms with Crippen molar-refractivity contribution in [3.05, 3.63) is 34.9 Å². The van der Waals surface area contributed by atoms with Crippen LogP contribution in [-0.4, -0.2) is 25.0 Å². The van der Waals surface area contributed by atoms with Crippen molar-refractivity contribution in [2.75, 3.05) is 13.1 Å². The Balaban J connectivity index is 2.59. The van der Waals surface area contributed by atoms with Crippen molar-refractivity contribution in [2.45, 2.75) is 20.0 Å². The van der Waals surface area contributed by atoms with Gasteiger partial charge in [-0.25, -0.2) is 0 Å². The number of hydrogen-bond acceptors (Lipinski definition) is 2. The van der Waals surface area contributed by atoms with E-state index >= 15 is 0 Å². The number of aryl methyl sites for hydroxylation is 2. The van der Waals surface area contributed by atoms with Gasteiger partial charge in [-0.2, -0.15) is 13.2 Å². The van der Waals surface area contributed by atoms with E-state index in [0.29, 0.717) is 5.56 Å². The summed E-state index contributed by atoms with van der Waals surface area (Å²) in [6.45, 7) is 2.21. The van der Waals surface area contributed by atoms with E-state index in [1.165, 1.54) is 0 Å². The Morgan fingerprint density at radius 3 is 2.47 bits per heavy atom. The van der Waals surface area contributed by atoms with Crippen LogP contribution in [0.4, 0.5) is 13.2 Å². The predicted octanol–water partition coefficient (Wildman–Crippen LogP) is 2.64. The van der Waals surface area contributed by atoms with Gasteiger partial charge in [0, 0.05) is 5.56 Å². The third kappa shape index (κ3) is 4.56. The van der Waals surface area contributed by atoms with Gasteiger partial charge in [0.25, 0.3) is 0 Å². The largest absolute Gasteiger partial charge is 0.401 e.